The normalized spacial score (nSPS) is 13.2. The van der Waals surface area contributed by atoms with E-state index >= 15 is 0 Å². The van der Waals surface area contributed by atoms with Crippen molar-refractivity contribution in [1.82, 2.24) is 0 Å². The molecule has 0 bridgehead atoms. The zero-order chi connectivity index (χ0) is 30.1. The van der Waals surface area contributed by atoms with Gasteiger partial charge in [-0.25, -0.2) is 0 Å². The highest BCUT2D eigenvalue weighted by molar-refractivity contribution is 5.72. The van der Waals surface area contributed by atoms with Crippen LogP contribution in [-0.4, -0.2) is 23.7 Å². The second-order valence-corrected chi connectivity index (χ2v) is 10.7. The second-order valence-electron chi connectivity index (χ2n) is 10.7. The van der Waals surface area contributed by atoms with Crippen LogP contribution in [0.5, 0.6) is 0 Å². The first-order valence-electron chi connectivity index (χ1n) is 16.4. The smallest absolute Gasteiger partial charge is 0.309 e. The first-order valence-corrected chi connectivity index (χ1v) is 16.4. The Labute approximate surface area is 252 Å². The van der Waals surface area contributed by atoms with E-state index < -0.39 is 11.9 Å². The Hall–Kier alpha value is -2.62. The molecule has 1 unspecified atom stereocenters. The van der Waals surface area contributed by atoms with E-state index in [0.29, 0.717) is 12.8 Å². The van der Waals surface area contributed by atoms with Crippen LogP contribution in [0.1, 0.15) is 136 Å². The molecule has 0 aromatic carbocycles. The Morgan fingerprint density at radius 3 is 1.37 bits per heavy atom. The molecular formula is C37H60O4. The van der Waals surface area contributed by atoms with Crippen molar-refractivity contribution in [3.63, 3.8) is 0 Å². The molecule has 4 nitrogen and oxygen atoms in total. The van der Waals surface area contributed by atoms with Crippen molar-refractivity contribution in [2.75, 3.05) is 6.61 Å². The van der Waals surface area contributed by atoms with E-state index in [0.717, 1.165) is 57.8 Å². The summed E-state index contributed by atoms with van der Waals surface area (Å²) in [5.74, 6) is -1.83. The molecule has 0 amide bonds. The summed E-state index contributed by atoms with van der Waals surface area (Å²) in [4.78, 5) is 23.6. The molecule has 0 heterocycles. The fourth-order valence-corrected chi connectivity index (χ4v) is 4.14. The standard InChI is InChI=1S/C37H60O4/c1-3-5-7-9-11-13-15-17-19-21-23-25-27-29-31-33-36(38)41-34-35(37(39)40)32-30-28-26-24-22-20-18-16-14-12-10-8-6-4-2/h11-14,17-20,23-26,35H,3-10,15-16,21-22,27-34H2,1-2H3,(H,39,40). The number of rotatable bonds is 28. The number of carboxylic acid groups (broad SMARTS) is 1. The van der Waals surface area contributed by atoms with E-state index in [4.69, 9.17) is 4.74 Å². The molecule has 4 heteroatoms. The molecule has 0 aliphatic heterocycles. The van der Waals surface area contributed by atoms with Gasteiger partial charge in [0, 0.05) is 6.42 Å². The minimum Gasteiger partial charge on any atom is -0.481 e. The molecule has 1 N–H and O–H groups in total. The first-order chi connectivity index (χ1) is 20.1. The number of carbonyl (C=O) groups excluding carboxylic acids is 1. The SMILES string of the molecule is CCCCCC=CCC=CCC=CCCCCC(=O)OCC(CCCC=CCC=CCC=CCCCCC)C(=O)O. The molecule has 0 aliphatic carbocycles. The topological polar surface area (TPSA) is 63.6 Å². The van der Waals surface area contributed by atoms with Gasteiger partial charge in [-0.1, -0.05) is 112 Å². The Kier molecular flexibility index (Phi) is 29.9. The zero-order valence-corrected chi connectivity index (χ0v) is 26.3. The predicted octanol–water partition coefficient (Wildman–Crippen LogP) is 11.0. The highest BCUT2D eigenvalue weighted by atomic mass is 16.5. The van der Waals surface area contributed by atoms with Crippen LogP contribution in [-0.2, 0) is 14.3 Å². The predicted molar refractivity (Wildman–Crippen MR) is 176 cm³/mol. The Morgan fingerprint density at radius 2 is 0.951 bits per heavy atom. The fourth-order valence-electron chi connectivity index (χ4n) is 4.14. The number of unbranched alkanes of at least 4 members (excludes halogenated alkanes) is 9. The number of esters is 1. The molecule has 41 heavy (non-hydrogen) atoms. The van der Waals surface area contributed by atoms with Gasteiger partial charge in [-0.15, -0.1) is 0 Å². The van der Waals surface area contributed by atoms with Crippen LogP contribution in [0.4, 0.5) is 0 Å². The Balaban J connectivity index is 3.81. The monoisotopic (exact) mass is 568 g/mol. The third-order valence-electron chi connectivity index (χ3n) is 6.76. The van der Waals surface area contributed by atoms with Crippen LogP contribution >= 0.6 is 0 Å². The average molecular weight is 569 g/mol. The summed E-state index contributed by atoms with van der Waals surface area (Å²) in [7, 11) is 0. The van der Waals surface area contributed by atoms with Crippen LogP contribution in [0.25, 0.3) is 0 Å². The molecule has 0 saturated carbocycles. The number of allylic oxidation sites excluding steroid dienone is 12. The third kappa shape index (κ3) is 30.2. The molecule has 0 rings (SSSR count). The van der Waals surface area contributed by atoms with Gasteiger partial charge in [0.2, 0.25) is 0 Å². The zero-order valence-electron chi connectivity index (χ0n) is 26.3. The summed E-state index contributed by atoms with van der Waals surface area (Å²) in [6.07, 6.45) is 45.3. The summed E-state index contributed by atoms with van der Waals surface area (Å²) >= 11 is 0. The Morgan fingerprint density at radius 1 is 0.561 bits per heavy atom. The molecule has 0 saturated heterocycles. The molecule has 0 spiro atoms. The fraction of sp³-hybridized carbons (Fsp3) is 0.622. The van der Waals surface area contributed by atoms with Gasteiger partial charge in [0.05, 0.1) is 5.92 Å². The van der Waals surface area contributed by atoms with Gasteiger partial charge in [-0.3, -0.25) is 9.59 Å². The lowest BCUT2D eigenvalue weighted by atomic mass is 10.0. The van der Waals surface area contributed by atoms with Gasteiger partial charge in [0.25, 0.3) is 0 Å². The van der Waals surface area contributed by atoms with Gasteiger partial charge in [0.15, 0.2) is 0 Å². The molecule has 0 radical (unpaired) electrons. The number of hydrogen-bond donors (Lipinski definition) is 1. The Bertz CT molecular complexity index is 785. The summed E-state index contributed by atoms with van der Waals surface area (Å²) in [5, 5.41) is 9.47. The van der Waals surface area contributed by atoms with Gasteiger partial charge < -0.3 is 9.84 Å². The van der Waals surface area contributed by atoms with Gasteiger partial charge in [-0.05, 0) is 89.9 Å². The number of hydrogen-bond acceptors (Lipinski definition) is 3. The lowest BCUT2D eigenvalue weighted by molar-refractivity contribution is -0.151. The highest BCUT2D eigenvalue weighted by Crippen LogP contribution is 2.12. The molecule has 1 atom stereocenters. The van der Waals surface area contributed by atoms with Gasteiger partial charge >= 0.3 is 11.9 Å². The minimum absolute atomic E-state index is 0.0350. The quantitative estimate of drug-likeness (QED) is 0.0579. The number of carboxylic acids is 1. The molecular weight excluding hydrogens is 508 g/mol. The summed E-state index contributed by atoms with van der Waals surface area (Å²) in [5.41, 5.74) is 0. The maximum Gasteiger partial charge on any atom is 0.309 e. The third-order valence-corrected chi connectivity index (χ3v) is 6.76. The first kappa shape index (κ1) is 38.4. The minimum atomic E-state index is -0.894. The van der Waals surface area contributed by atoms with Crippen molar-refractivity contribution >= 4 is 11.9 Å². The van der Waals surface area contributed by atoms with Crippen LogP contribution in [0.3, 0.4) is 0 Å². The second kappa shape index (κ2) is 31.9. The number of aliphatic carboxylic acids is 1. The van der Waals surface area contributed by atoms with Crippen molar-refractivity contribution in [2.24, 2.45) is 5.92 Å². The molecule has 0 fully saturated rings. The van der Waals surface area contributed by atoms with Crippen molar-refractivity contribution in [2.45, 2.75) is 136 Å². The van der Waals surface area contributed by atoms with E-state index in [1.54, 1.807) is 0 Å². The number of ether oxygens (including phenoxy) is 1. The van der Waals surface area contributed by atoms with E-state index in [1.807, 2.05) is 0 Å². The summed E-state index contributed by atoms with van der Waals surface area (Å²) in [6, 6.07) is 0. The maximum absolute atomic E-state index is 12.0. The number of carbonyl (C=O) groups is 2. The summed E-state index contributed by atoms with van der Waals surface area (Å²) in [6.45, 7) is 4.42. The highest BCUT2D eigenvalue weighted by Gasteiger charge is 2.19. The van der Waals surface area contributed by atoms with Crippen molar-refractivity contribution in [1.29, 1.82) is 0 Å². The van der Waals surface area contributed by atoms with Crippen molar-refractivity contribution in [3.05, 3.63) is 72.9 Å². The van der Waals surface area contributed by atoms with Crippen LogP contribution in [0, 0.1) is 5.92 Å². The lowest BCUT2D eigenvalue weighted by Gasteiger charge is -2.12. The molecule has 0 aromatic rings. The maximum atomic E-state index is 12.0. The van der Waals surface area contributed by atoms with E-state index in [2.05, 4.69) is 86.8 Å². The van der Waals surface area contributed by atoms with Crippen LogP contribution < -0.4 is 0 Å². The van der Waals surface area contributed by atoms with E-state index in [9.17, 15) is 14.7 Å². The van der Waals surface area contributed by atoms with Crippen LogP contribution in [0.2, 0.25) is 0 Å². The van der Waals surface area contributed by atoms with E-state index in [-0.39, 0.29) is 12.6 Å². The van der Waals surface area contributed by atoms with E-state index in [1.165, 1.54) is 51.4 Å². The van der Waals surface area contributed by atoms with Gasteiger partial charge in [0.1, 0.15) is 6.61 Å². The van der Waals surface area contributed by atoms with Crippen molar-refractivity contribution in [3.8, 4) is 0 Å². The van der Waals surface area contributed by atoms with Gasteiger partial charge in [-0.2, -0.15) is 0 Å². The van der Waals surface area contributed by atoms with Crippen molar-refractivity contribution < 1.29 is 19.4 Å². The van der Waals surface area contributed by atoms with Crippen LogP contribution in [0.15, 0.2) is 72.9 Å². The summed E-state index contributed by atoms with van der Waals surface area (Å²) < 4.78 is 5.27. The largest absolute Gasteiger partial charge is 0.481 e. The lowest BCUT2D eigenvalue weighted by Crippen LogP contribution is -2.22. The average Bonchev–Trinajstić information content (AvgIpc) is 2.96. The molecule has 0 aromatic heterocycles. The molecule has 232 valence electrons. The molecule has 0 aliphatic rings.